The van der Waals surface area contributed by atoms with Crippen molar-refractivity contribution in [3.8, 4) is 11.1 Å². The van der Waals surface area contributed by atoms with Gasteiger partial charge in [-0.25, -0.2) is 5.10 Å². The highest BCUT2D eigenvalue weighted by Gasteiger charge is 2.22. The van der Waals surface area contributed by atoms with E-state index in [0.29, 0.717) is 11.9 Å². The first-order chi connectivity index (χ1) is 13.7. The van der Waals surface area contributed by atoms with Crippen LogP contribution in [0.1, 0.15) is 11.3 Å². The lowest BCUT2D eigenvalue weighted by molar-refractivity contribution is -0.551. The second-order valence-electron chi connectivity index (χ2n) is 6.93. The van der Waals surface area contributed by atoms with E-state index in [4.69, 9.17) is 0 Å². The van der Waals surface area contributed by atoms with Crippen molar-refractivity contribution in [3.05, 3.63) is 101 Å². The van der Waals surface area contributed by atoms with Crippen LogP contribution < -0.4 is 10.1 Å². The van der Waals surface area contributed by atoms with Crippen molar-refractivity contribution in [2.24, 2.45) is 0 Å². The zero-order valence-electron chi connectivity index (χ0n) is 15.5. The molecule has 0 aliphatic heterocycles. The Labute approximate surface area is 161 Å². The molecule has 5 nitrogen and oxygen atoms in total. The van der Waals surface area contributed by atoms with Gasteiger partial charge in [-0.3, -0.25) is 4.79 Å². The van der Waals surface area contributed by atoms with Crippen LogP contribution in [0.15, 0.2) is 83.9 Å². The van der Waals surface area contributed by atoms with Crippen LogP contribution in [0.2, 0.25) is 0 Å². The van der Waals surface area contributed by atoms with Crippen LogP contribution in [-0.2, 0) is 6.54 Å². The highest BCUT2D eigenvalue weighted by Crippen LogP contribution is 2.25. The standard InChI is InChI=1S/C23H18N4O/c1-16-21(18-10-6-3-7-11-18)22-24-14-19-20(27(22)25-16)12-13-26(23(19)28)15-17-8-4-2-5-9-17/h2-14H,15H2,1H3/p+1. The van der Waals surface area contributed by atoms with Gasteiger partial charge >= 0.3 is 5.65 Å². The predicted molar refractivity (Wildman–Crippen MR) is 109 cm³/mol. The van der Waals surface area contributed by atoms with Gasteiger partial charge in [-0.05, 0) is 23.0 Å². The molecule has 0 aliphatic carbocycles. The van der Waals surface area contributed by atoms with Gasteiger partial charge in [-0.2, -0.15) is 0 Å². The largest absolute Gasteiger partial charge is 0.356 e. The molecule has 0 unspecified atom stereocenters. The summed E-state index contributed by atoms with van der Waals surface area (Å²) in [7, 11) is 0. The van der Waals surface area contributed by atoms with E-state index in [0.717, 1.165) is 33.5 Å². The van der Waals surface area contributed by atoms with Gasteiger partial charge in [0.15, 0.2) is 11.7 Å². The van der Waals surface area contributed by atoms with Crippen LogP contribution in [0.25, 0.3) is 27.7 Å². The number of H-pyrrole nitrogens is 1. The van der Waals surface area contributed by atoms with Crippen LogP contribution in [-0.4, -0.2) is 14.6 Å². The normalized spacial score (nSPS) is 11.3. The molecule has 1 N–H and O–H groups in total. The Balaban J connectivity index is 1.70. The maximum Gasteiger partial charge on any atom is 0.356 e. The number of rotatable bonds is 3. The fourth-order valence-corrected chi connectivity index (χ4v) is 3.73. The van der Waals surface area contributed by atoms with Crippen molar-refractivity contribution in [1.82, 2.24) is 14.6 Å². The van der Waals surface area contributed by atoms with E-state index in [1.165, 1.54) is 0 Å². The molecule has 3 heterocycles. The lowest BCUT2D eigenvalue weighted by Crippen LogP contribution is -2.30. The molecular weight excluding hydrogens is 348 g/mol. The Bertz CT molecular complexity index is 1350. The fourth-order valence-electron chi connectivity index (χ4n) is 3.73. The summed E-state index contributed by atoms with van der Waals surface area (Å²) in [6.45, 7) is 2.57. The summed E-state index contributed by atoms with van der Waals surface area (Å²) in [5, 5.41) is 3.97. The van der Waals surface area contributed by atoms with Crippen molar-refractivity contribution in [2.75, 3.05) is 0 Å². The molecule has 5 aromatic rings. The highest BCUT2D eigenvalue weighted by atomic mass is 16.1. The second kappa shape index (κ2) is 6.46. The van der Waals surface area contributed by atoms with Gasteiger partial charge in [0.25, 0.3) is 5.56 Å². The molecule has 5 rings (SSSR count). The third kappa shape index (κ3) is 2.60. The van der Waals surface area contributed by atoms with Gasteiger partial charge < -0.3 is 4.57 Å². The molecule has 0 atom stereocenters. The number of nitrogens with one attached hydrogen (secondary N) is 1. The molecule has 136 valence electrons. The smallest absolute Gasteiger partial charge is 0.310 e. The monoisotopic (exact) mass is 367 g/mol. The van der Waals surface area contributed by atoms with Gasteiger partial charge in [-0.15, -0.1) is 4.52 Å². The van der Waals surface area contributed by atoms with Crippen LogP contribution in [0, 0.1) is 6.92 Å². The molecule has 0 saturated heterocycles. The molecule has 0 spiro atoms. The van der Waals surface area contributed by atoms with E-state index < -0.39 is 0 Å². The summed E-state index contributed by atoms with van der Waals surface area (Å²) in [5.74, 6) is 0. The first-order valence-electron chi connectivity index (χ1n) is 9.24. The lowest BCUT2D eigenvalue weighted by atomic mass is 10.1. The molecule has 0 saturated carbocycles. The molecule has 0 fully saturated rings. The Morgan fingerprint density at radius 1 is 1.00 bits per heavy atom. The average Bonchev–Trinajstić information content (AvgIpc) is 3.07. The molecular formula is C23H19N4O+. The third-order valence-electron chi connectivity index (χ3n) is 5.08. The Morgan fingerprint density at radius 3 is 2.46 bits per heavy atom. The third-order valence-corrected chi connectivity index (χ3v) is 5.08. The van der Waals surface area contributed by atoms with Crippen LogP contribution in [0.5, 0.6) is 0 Å². The topological polar surface area (TPSA) is 54.8 Å². The number of hydrogen-bond acceptors (Lipinski definition) is 2. The second-order valence-corrected chi connectivity index (χ2v) is 6.93. The van der Waals surface area contributed by atoms with Gasteiger partial charge in [0.05, 0.1) is 12.2 Å². The van der Waals surface area contributed by atoms with Crippen LogP contribution >= 0.6 is 0 Å². The number of aryl methyl sites for hydroxylation is 1. The number of pyridine rings is 1. The summed E-state index contributed by atoms with van der Waals surface area (Å²) in [5.41, 5.74) is 5.85. The molecule has 2 aromatic carbocycles. The zero-order valence-corrected chi connectivity index (χ0v) is 15.5. The summed E-state index contributed by atoms with van der Waals surface area (Å²) >= 11 is 0. The number of aromatic nitrogens is 4. The number of aromatic amines is 1. The SMILES string of the molecule is Cc1[nH][n+]2c(ncc3c(=O)n(Cc4ccccc4)ccc32)c1-c1ccccc1. The molecule has 3 aromatic heterocycles. The maximum atomic E-state index is 13.0. The first-order valence-corrected chi connectivity index (χ1v) is 9.24. The number of nitrogens with zero attached hydrogens (tertiary/aromatic N) is 3. The molecule has 0 bridgehead atoms. The summed E-state index contributed by atoms with van der Waals surface area (Å²) < 4.78 is 3.63. The fraction of sp³-hybridized carbons (Fsp3) is 0.0870. The minimum atomic E-state index is -0.0447. The van der Waals surface area contributed by atoms with Crippen molar-refractivity contribution in [3.63, 3.8) is 0 Å². The first kappa shape index (κ1) is 16.4. The minimum Gasteiger partial charge on any atom is -0.310 e. The minimum absolute atomic E-state index is 0.0447. The number of hydrogen-bond donors (Lipinski definition) is 1. The maximum absolute atomic E-state index is 13.0. The molecule has 0 aliphatic rings. The van der Waals surface area contributed by atoms with Crippen LogP contribution in [0.3, 0.4) is 0 Å². The van der Waals surface area contributed by atoms with Crippen molar-refractivity contribution in [1.29, 1.82) is 0 Å². The highest BCUT2D eigenvalue weighted by molar-refractivity contribution is 5.81. The Morgan fingerprint density at radius 2 is 1.71 bits per heavy atom. The molecule has 0 radical (unpaired) electrons. The zero-order chi connectivity index (χ0) is 19.1. The van der Waals surface area contributed by atoms with E-state index in [2.05, 4.69) is 22.2 Å². The van der Waals surface area contributed by atoms with E-state index in [-0.39, 0.29) is 5.56 Å². The average molecular weight is 367 g/mol. The van der Waals surface area contributed by atoms with Gasteiger partial charge in [0, 0.05) is 12.3 Å². The van der Waals surface area contributed by atoms with Gasteiger partial charge in [0.2, 0.25) is 0 Å². The molecule has 28 heavy (non-hydrogen) atoms. The predicted octanol–water partition coefficient (Wildman–Crippen LogP) is 3.49. The van der Waals surface area contributed by atoms with E-state index in [9.17, 15) is 4.79 Å². The number of benzene rings is 2. The van der Waals surface area contributed by atoms with Crippen molar-refractivity contribution in [2.45, 2.75) is 13.5 Å². The van der Waals surface area contributed by atoms with Gasteiger partial charge in [-0.1, -0.05) is 60.7 Å². The van der Waals surface area contributed by atoms with Gasteiger partial charge in [0.1, 0.15) is 10.9 Å². The number of fused-ring (bicyclic) bond motifs is 3. The van der Waals surface area contributed by atoms with E-state index in [1.807, 2.05) is 72.2 Å². The Kier molecular flexibility index (Phi) is 3.79. The lowest BCUT2D eigenvalue weighted by Gasteiger charge is -2.06. The van der Waals surface area contributed by atoms with Crippen molar-refractivity contribution < 1.29 is 4.52 Å². The Hall–Kier alpha value is -3.73. The molecule has 5 heteroatoms. The van der Waals surface area contributed by atoms with Crippen molar-refractivity contribution >= 4 is 16.6 Å². The van der Waals surface area contributed by atoms with E-state index in [1.54, 1.807) is 10.8 Å². The summed E-state index contributed by atoms with van der Waals surface area (Å²) in [4.78, 5) is 17.7. The summed E-state index contributed by atoms with van der Waals surface area (Å²) in [6, 6.07) is 22.1. The summed E-state index contributed by atoms with van der Waals surface area (Å²) in [6.07, 6.45) is 3.54. The van der Waals surface area contributed by atoms with Crippen LogP contribution in [0.4, 0.5) is 0 Å². The molecule has 0 amide bonds. The quantitative estimate of drug-likeness (QED) is 0.496. The van der Waals surface area contributed by atoms with E-state index >= 15 is 0 Å².